The lowest BCUT2D eigenvalue weighted by molar-refractivity contribution is -0.130. The third kappa shape index (κ3) is 3.38. The summed E-state index contributed by atoms with van der Waals surface area (Å²) in [4.78, 5) is 23.6. The van der Waals surface area contributed by atoms with E-state index in [2.05, 4.69) is 0 Å². The number of benzene rings is 1. The minimum absolute atomic E-state index is 0.0723. The van der Waals surface area contributed by atoms with Gasteiger partial charge in [-0.1, -0.05) is 0 Å². The highest BCUT2D eigenvalue weighted by molar-refractivity contribution is 5.88. The van der Waals surface area contributed by atoms with Crippen LogP contribution in [0.15, 0.2) is 18.2 Å². The molecule has 0 fully saturated rings. The number of ether oxygens (including phenoxy) is 2. The first-order valence-electron chi connectivity index (χ1n) is 5.20. The fraction of sp³-hybridized carbons (Fsp3) is 0.333. The summed E-state index contributed by atoms with van der Waals surface area (Å²) in [6, 6.07) is 4.21. The van der Waals surface area contributed by atoms with Crippen molar-refractivity contribution in [2.75, 3.05) is 27.8 Å². The number of hydrogen-bond donors (Lipinski definition) is 1. The third-order valence-electron chi connectivity index (χ3n) is 2.26. The van der Waals surface area contributed by atoms with Crippen molar-refractivity contribution >= 4 is 11.9 Å². The average Bonchev–Trinajstić information content (AvgIpc) is 2.35. The molecule has 0 saturated heterocycles. The Morgan fingerprint density at radius 2 is 1.94 bits per heavy atom. The topological polar surface area (TPSA) is 76.1 Å². The van der Waals surface area contributed by atoms with Gasteiger partial charge in [-0.2, -0.15) is 0 Å². The summed E-state index contributed by atoms with van der Waals surface area (Å²) in [5.41, 5.74) is 0.0723. The van der Waals surface area contributed by atoms with E-state index in [1.165, 1.54) is 30.2 Å². The first-order valence-corrected chi connectivity index (χ1v) is 5.20. The molecule has 0 saturated carbocycles. The number of amides is 1. The zero-order valence-electron chi connectivity index (χ0n) is 10.5. The van der Waals surface area contributed by atoms with E-state index in [1.54, 1.807) is 14.1 Å². The van der Waals surface area contributed by atoms with E-state index in [0.717, 1.165) is 0 Å². The van der Waals surface area contributed by atoms with Gasteiger partial charge in [-0.15, -0.1) is 0 Å². The lowest BCUT2D eigenvalue weighted by atomic mass is 10.2. The number of carbonyl (C=O) groups is 2. The van der Waals surface area contributed by atoms with Gasteiger partial charge in [-0.05, 0) is 18.2 Å². The van der Waals surface area contributed by atoms with Crippen molar-refractivity contribution in [3.63, 3.8) is 0 Å². The second-order valence-electron chi connectivity index (χ2n) is 3.75. The van der Waals surface area contributed by atoms with Crippen LogP contribution in [-0.2, 0) is 4.79 Å². The molecule has 0 bridgehead atoms. The van der Waals surface area contributed by atoms with Crippen LogP contribution in [0, 0.1) is 0 Å². The zero-order chi connectivity index (χ0) is 13.7. The molecule has 0 unspecified atom stereocenters. The molecule has 1 amide bonds. The summed E-state index contributed by atoms with van der Waals surface area (Å²) < 4.78 is 10.3. The van der Waals surface area contributed by atoms with E-state index in [9.17, 15) is 9.59 Å². The molecule has 0 radical (unpaired) electrons. The Hall–Kier alpha value is -2.24. The summed E-state index contributed by atoms with van der Waals surface area (Å²) in [6.07, 6.45) is 0. The van der Waals surface area contributed by atoms with Crippen LogP contribution in [-0.4, -0.2) is 49.7 Å². The maximum absolute atomic E-state index is 11.4. The monoisotopic (exact) mass is 253 g/mol. The Bertz CT molecular complexity index is 456. The smallest absolute Gasteiger partial charge is 0.335 e. The second-order valence-corrected chi connectivity index (χ2v) is 3.75. The highest BCUT2D eigenvalue weighted by Crippen LogP contribution is 2.28. The van der Waals surface area contributed by atoms with Gasteiger partial charge in [0.15, 0.2) is 18.1 Å². The summed E-state index contributed by atoms with van der Waals surface area (Å²) in [5, 5.41) is 8.87. The van der Waals surface area contributed by atoms with Crippen LogP contribution < -0.4 is 9.47 Å². The first-order chi connectivity index (χ1) is 8.45. The van der Waals surface area contributed by atoms with Gasteiger partial charge in [-0.25, -0.2) is 4.79 Å². The fourth-order valence-electron chi connectivity index (χ4n) is 1.19. The van der Waals surface area contributed by atoms with Crippen LogP contribution in [0.1, 0.15) is 10.4 Å². The Kier molecular flexibility index (Phi) is 4.53. The Morgan fingerprint density at radius 1 is 1.28 bits per heavy atom. The minimum Gasteiger partial charge on any atom is -0.493 e. The van der Waals surface area contributed by atoms with Crippen LogP contribution in [0.25, 0.3) is 0 Å². The quantitative estimate of drug-likeness (QED) is 0.842. The maximum Gasteiger partial charge on any atom is 0.335 e. The molecule has 1 aromatic rings. The lowest BCUT2D eigenvalue weighted by Gasteiger charge is -2.13. The van der Waals surface area contributed by atoms with Crippen LogP contribution in [0.5, 0.6) is 11.5 Å². The molecule has 1 rings (SSSR count). The number of carboxylic acid groups (broad SMARTS) is 1. The molecule has 1 aromatic carbocycles. The van der Waals surface area contributed by atoms with Crippen molar-refractivity contribution in [1.82, 2.24) is 4.90 Å². The van der Waals surface area contributed by atoms with Crippen LogP contribution in [0.4, 0.5) is 0 Å². The minimum atomic E-state index is -1.07. The molecule has 18 heavy (non-hydrogen) atoms. The van der Waals surface area contributed by atoms with Gasteiger partial charge < -0.3 is 19.5 Å². The molecule has 0 heterocycles. The van der Waals surface area contributed by atoms with E-state index in [0.29, 0.717) is 5.75 Å². The molecule has 0 aliphatic carbocycles. The molecule has 0 spiro atoms. The summed E-state index contributed by atoms with van der Waals surface area (Å²) >= 11 is 0. The van der Waals surface area contributed by atoms with Crippen molar-refractivity contribution in [2.24, 2.45) is 0 Å². The molecule has 98 valence electrons. The standard InChI is InChI=1S/C12H15NO5/c1-13(2)11(14)7-18-10-6-8(12(15)16)4-5-9(10)17-3/h4-6H,7H2,1-3H3,(H,15,16). The molecular weight excluding hydrogens is 238 g/mol. The van der Waals surface area contributed by atoms with Gasteiger partial charge in [0.2, 0.25) is 0 Å². The van der Waals surface area contributed by atoms with E-state index in [4.69, 9.17) is 14.6 Å². The Morgan fingerprint density at radius 3 is 2.44 bits per heavy atom. The highest BCUT2D eigenvalue weighted by Gasteiger charge is 2.12. The Labute approximate surface area is 105 Å². The molecule has 0 aromatic heterocycles. The van der Waals surface area contributed by atoms with Crippen molar-refractivity contribution in [3.05, 3.63) is 23.8 Å². The number of aromatic carboxylic acids is 1. The average molecular weight is 253 g/mol. The van der Waals surface area contributed by atoms with Crippen LogP contribution >= 0.6 is 0 Å². The van der Waals surface area contributed by atoms with Crippen molar-refractivity contribution in [1.29, 1.82) is 0 Å². The third-order valence-corrected chi connectivity index (χ3v) is 2.26. The fourth-order valence-corrected chi connectivity index (χ4v) is 1.19. The predicted octanol–water partition coefficient (Wildman–Crippen LogP) is 0.860. The zero-order valence-corrected chi connectivity index (χ0v) is 10.5. The van der Waals surface area contributed by atoms with Crippen molar-refractivity contribution < 1.29 is 24.2 Å². The van der Waals surface area contributed by atoms with Gasteiger partial charge >= 0.3 is 5.97 Å². The Balaban J connectivity index is 2.88. The van der Waals surface area contributed by atoms with Gasteiger partial charge in [0.25, 0.3) is 5.91 Å². The molecule has 0 atom stereocenters. The SMILES string of the molecule is COc1ccc(C(=O)O)cc1OCC(=O)N(C)C. The molecule has 1 N–H and O–H groups in total. The second kappa shape index (κ2) is 5.90. The molecule has 0 aliphatic heterocycles. The summed E-state index contributed by atoms with van der Waals surface area (Å²) in [6.45, 7) is -0.174. The number of nitrogens with zero attached hydrogens (tertiary/aromatic N) is 1. The van der Waals surface area contributed by atoms with Gasteiger partial charge in [0, 0.05) is 14.1 Å². The van der Waals surface area contributed by atoms with E-state index in [-0.39, 0.29) is 23.8 Å². The highest BCUT2D eigenvalue weighted by atomic mass is 16.5. The predicted molar refractivity (Wildman–Crippen MR) is 64.1 cm³/mol. The van der Waals surface area contributed by atoms with Crippen molar-refractivity contribution in [3.8, 4) is 11.5 Å². The number of likely N-dealkylation sites (N-methyl/N-ethyl adjacent to an activating group) is 1. The molecular formula is C12H15NO5. The molecule has 6 nitrogen and oxygen atoms in total. The number of methoxy groups -OCH3 is 1. The molecule has 0 aliphatic rings. The van der Waals surface area contributed by atoms with Gasteiger partial charge in [-0.3, -0.25) is 4.79 Å². The van der Waals surface area contributed by atoms with Crippen LogP contribution in [0.2, 0.25) is 0 Å². The normalized spacial score (nSPS) is 9.72. The summed E-state index contributed by atoms with van der Waals surface area (Å²) in [7, 11) is 4.66. The largest absolute Gasteiger partial charge is 0.493 e. The summed E-state index contributed by atoms with van der Waals surface area (Å²) in [5.74, 6) is -0.682. The maximum atomic E-state index is 11.4. The number of rotatable bonds is 5. The first kappa shape index (κ1) is 13.8. The number of carbonyl (C=O) groups excluding carboxylic acids is 1. The van der Waals surface area contributed by atoms with Gasteiger partial charge in [0.1, 0.15) is 0 Å². The number of hydrogen-bond acceptors (Lipinski definition) is 4. The number of carboxylic acids is 1. The van der Waals surface area contributed by atoms with Crippen LogP contribution in [0.3, 0.4) is 0 Å². The van der Waals surface area contributed by atoms with E-state index >= 15 is 0 Å². The van der Waals surface area contributed by atoms with E-state index < -0.39 is 5.97 Å². The van der Waals surface area contributed by atoms with E-state index in [1.807, 2.05) is 0 Å². The van der Waals surface area contributed by atoms with Gasteiger partial charge in [0.05, 0.1) is 12.7 Å². The van der Waals surface area contributed by atoms with Crippen molar-refractivity contribution in [2.45, 2.75) is 0 Å². The lowest BCUT2D eigenvalue weighted by Crippen LogP contribution is -2.27. The molecule has 6 heteroatoms.